The van der Waals surface area contributed by atoms with E-state index < -0.39 is 12.0 Å². The second kappa shape index (κ2) is 7.05. The van der Waals surface area contributed by atoms with E-state index >= 15 is 0 Å². The van der Waals surface area contributed by atoms with E-state index in [9.17, 15) is 9.90 Å². The van der Waals surface area contributed by atoms with Crippen LogP contribution in [0.15, 0.2) is 35.4 Å². The average molecular weight is 302 g/mol. The van der Waals surface area contributed by atoms with Crippen molar-refractivity contribution in [2.75, 3.05) is 0 Å². The molecule has 2 N–H and O–H groups in total. The van der Waals surface area contributed by atoms with Crippen LogP contribution in [0.5, 0.6) is 0 Å². The van der Waals surface area contributed by atoms with Gasteiger partial charge in [-0.15, -0.1) is 0 Å². The fourth-order valence-electron chi connectivity index (χ4n) is 2.91. The molecule has 120 valence electrons. The first-order chi connectivity index (χ1) is 10.4. The van der Waals surface area contributed by atoms with Crippen molar-refractivity contribution in [1.82, 2.24) is 5.43 Å². The first-order valence-corrected chi connectivity index (χ1v) is 7.96. The van der Waals surface area contributed by atoms with Crippen LogP contribution in [0.1, 0.15) is 58.1 Å². The number of aliphatic hydroxyl groups excluding tert-OH is 1. The Morgan fingerprint density at radius 3 is 2.36 bits per heavy atom. The Morgan fingerprint density at radius 2 is 1.82 bits per heavy atom. The number of nitrogens with zero attached hydrogens (tertiary/aromatic N) is 1. The van der Waals surface area contributed by atoms with Crippen molar-refractivity contribution < 1.29 is 9.90 Å². The normalized spacial score (nSPS) is 20.4. The van der Waals surface area contributed by atoms with Crippen molar-refractivity contribution in [2.24, 2.45) is 16.4 Å². The van der Waals surface area contributed by atoms with Gasteiger partial charge in [0.25, 0.3) is 5.91 Å². The summed E-state index contributed by atoms with van der Waals surface area (Å²) in [5, 5.41) is 14.2. The molecule has 0 aliphatic heterocycles. The summed E-state index contributed by atoms with van der Waals surface area (Å²) in [6.07, 6.45) is 2.89. The van der Waals surface area contributed by atoms with Crippen molar-refractivity contribution in [1.29, 1.82) is 0 Å². The molecule has 1 fully saturated rings. The van der Waals surface area contributed by atoms with Crippen LogP contribution in [0, 0.1) is 11.3 Å². The molecule has 1 saturated carbocycles. The maximum atomic E-state index is 11.9. The molecule has 0 spiro atoms. The Balaban J connectivity index is 1.86. The van der Waals surface area contributed by atoms with Crippen LogP contribution in [-0.2, 0) is 4.79 Å². The number of carbonyl (C=O) groups excluding carboxylic acids is 1. The van der Waals surface area contributed by atoms with Gasteiger partial charge in [-0.2, -0.15) is 5.10 Å². The highest BCUT2D eigenvalue weighted by Crippen LogP contribution is 2.36. The van der Waals surface area contributed by atoms with Crippen molar-refractivity contribution in [3.63, 3.8) is 0 Å². The Morgan fingerprint density at radius 1 is 1.23 bits per heavy atom. The highest BCUT2D eigenvalue weighted by atomic mass is 16.3. The largest absolute Gasteiger partial charge is 0.378 e. The van der Waals surface area contributed by atoms with E-state index in [1.165, 1.54) is 0 Å². The standard InChI is InChI=1S/C18H26N2O2/c1-18(2,3)14-9-11-15(12-10-14)19-20-17(22)16(21)13-7-5-4-6-8-13/h4-8,14,16,21H,9-12H2,1-3H3,(H,20,22). The van der Waals surface area contributed by atoms with Crippen LogP contribution < -0.4 is 5.43 Å². The topological polar surface area (TPSA) is 61.7 Å². The summed E-state index contributed by atoms with van der Waals surface area (Å²) in [6, 6.07) is 8.90. The van der Waals surface area contributed by atoms with Crippen molar-refractivity contribution in [3.8, 4) is 0 Å². The summed E-state index contributed by atoms with van der Waals surface area (Å²) in [6.45, 7) is 6.83. The number of carbonyl (C=O) groups is 1. The van der Waals surface area contributed by atoms with E-state index in [0.29, 0.717) is 16.9 Å². The molecule has 0 bridgehead atoms. The van der Waals surface area contributed by atoms with Crippen LogP contribution in [0.25, 0.3) is 0 Å². The molecular formula is C18H26N2O2. The van der Waals surface area contributed by atoms with Crippen molar-refractivity contribution in [3.05, 3.63) is 35.9 Å². The number of hydrogen-bond donors (Lipinski definition) is 2. The molecule has 4 nitrogen and oxygen atoms in total. The van der Waals surface area contributed by atoms with Gasteiger partial charge in [0.1, 0.15) is 0 Å². The minimum atomic E-state index is -1.17. The third-order valence-electron chi connectivity index (χ3n) is 4.48. The monoisotopic (exact) mass is 302 g/mol. The number of hydrogen-bond acceptors (Lipinski definition) is 3. The maximum absolute atomic E-state index is 11.9. The van der Waals surface area contributed by atoms with E-state index in [1.807, 2.05) is 6.07 Å². The molecular weight excluding hydrogens is 276 g/mol. The molecule has 22 heavy (non-hydrogen) atoms. The Kier molecular flexibility index (Phi) is 5.35. The number of aliphatic hydroxyl groups is 1. The lowest BCUT2D eigenvalue weighted by Crippen LogP contribution is -2.29. The van der Waals surface area contributed by atoms with Gasteiger partial charge in [-0.05, 0) is 42.6 Å². The summed E-state index contributed by atoms with van der Waals surface area (Å²) < 4.78 is 0. The number of hydrazone groups is 1. The Labute approximate surface area is 132 Å². The molecule has 2 rings (SSSR count). The second-order valence-electron chi connectivity index (χ2n) is 7.11. The fraction of sp³-hybridized carbons (Fsp3) is 0.556. The van der Waals surface area contributed by atoms with Gasteiger partial charge in [0.05, 0.1) is 0 Å². The van der Waals surface area contributed by atoms with Crippen LogP contribution in [-0.4, -0.2) is 16.7 Å². The fourth-order valence-corrected chi connectivity index (χ4v) is 2.91. The highest BCUT2D eigenvalue weighted by molar-refractivity contribution is 5.88. The quantitative estimate of drug-likeness (QED) is 0.840. The predicted octanol–water partition coefficient (Wildman–Crippen LogP) is 3.43. The molecule has 1 aliphatic carbocycles. The highest BCUT2D eigenvalue weighted by Gasteiger charge is 2.28. The lowest BCUT2D eigenvalue weighted by molar-refractivity contribution is -0.129. The summed E-state index contributed by atoms with van der Waals surface area (Å²) in [4.78, 5) is 11.9. The molecule has 1 aromatic rings. The Hall–Kier alpha value is -1.68. The van der Waals surface area contributed by atoms with Gasteiger partial charge in [-0.1, -0.05) is 51.1 Å². The molecule has 1 aromatic carbocycles. The molecule has 0 aromatic heterocycles. The van der Waals surface area contributed by atoms with Crippen LogP contribution in [0.3, 0.4) is 0 Å². The molecule has 1 aliphatic rings. The Bertz CT molecular complexity index is 522. The van der Waals surface area contributed by atoms with Crippen LogP contribution >= 0.6 is 0 Å². The third kappa shape index (κ3) is 4.41. The summed E-state index contributed by atoms with van der Waals surface area (Å²) in [5.74, 6) is 0.230. The minimum Gasteiger partial charge on any atom is -0.378 e. The van der Waals surface area contributed by atoms with Crippen LogP contribution in [0.4, 0.5) is 0 Å². The molecule has 0 heterocycles. The molecule has 1 unspecified atom stereocenters. The number of benzene rings is 1. The summed E-state index contributed by atoms with van der Waals surface area (Å²) in [7, 11) is 0. The SMILES string of the molecule is CC(C)(C)C1CCC(=NNC(=O)C(O)c2ccccc2)CC1. The van der Waals surface area contributed by atoms with Gasteiger partial charge in [0.15, 0.2) is 6.10 Å². The first-order valence-electron chi connectivity index (χ1n) is 7.96. The van der Waals surface area contributed by atoms with Crippen molar-refractivity contribution >= 4 is 11.6 Å². The van der Waals surface area contributed by atoms with Crippen molar-refractivity contribution in [2.45, 2.75) is 52.6 Å². The summed E-state index contributed by atoms with van der Waals surface area (Å²) >= 11 is 0. The lowest BCUT2D eigenvalue weighted by Gasteiger charge is -2.34. The van der Waals surface area contributed by atoms with Crippen LogP contribution in [0.2, 0.25) is 0 Å². The zero-order valence-corrected chi connectivity index (χ0v) is 13.7. The maximum Gasteiger partial charge on any atom is 0.273 e. The smallest absolute Gasteiger partial charge is 0.273 e. The van der Waals surface area contributed by atoms with Gasteiger partial charge >= 0.3 is 0 Å². The molecule has 1 atom stereocenters. The van der Waals surface area contributed by atoms with Gasteiger partial charge in [-0.25, -0.2) is 5.43 Å². The van der Waals surface area contributed by atoms with Gasteiger partial charge < -0.3 is 5.11 Å². The zero-order chi connectivity index (χ0) is 16.2. The van der Waals surface area contributed by atoms with E-state index in [4.69, 9.17) is 0 Å². The van der Waals surface area contributed by atoms with E-state index in [1.54, 1.807) is 24.3 Å². The van der Waals surface area contributed by atoms with E-state index in [-0.39, 0.29) is 0 Å². The summed E-state index contributed by atoms with van der Waals surface area (Å²) in [5.41, 5.74) is 4.44. The molecule has 0 saturated heterocycles. The second-order valence-corrected chi connectivity index (χ2v) is 7.11. The zero-order valence-electron chi connectivity index (χ0n) is 13.7. The number of rotatable bonds is 3. The molecule has 4 heteroatoms. The third-order valence-corrected chi connectivity index (χ3v) is 4.48. The van der Waals surface area contributed by atoms with Gasteiger partial charge in [-0.3, -0.25) is 4.79 Å². The number of nitrogens with one attached hydrogen (secondary N) is 1. The van der Waals surface area contributed by atoms with Gasteiger partial charge in [0, 0.05) is 5.71 Å². The number of amides is 1. The van der Waals surface area contributed by atoms with E-state index in [2.05, 4.69) is 31.3 Å². The minimum absolute atomic E-state index is 0.332. The molecule has 1 amide bonds. The molecule has 0 radical (unpaired) electrons. The average Bonchev–Trinajstić information content (AvgIpc) is 2.52. The lowest BCUT2D eigenvalue weighted by atomic mass is 9.72. The predicted molar refractivity (Wildman–Crippen MR) is 88.4 cm³/mol. The van der Waals surface area contributed by atoms with Gasteiger partial charge in [0.2, 0.25) is 0 Å². The van der Waals surface area contributed by atoms with E-state index in [0.717, 1.165) is 31.4 Å². The first kappa shape index (κ1) is 16.7.